The van der Waals surface area contributed by atoms with Crippen molar-refractivity contribution in [3.8, 4) is 0 Å². The number of ether oxygens (including phenoxy) is 1. The van der Waals surface area contributed by atoms with Crippen molar-refractivity contribution in [2.45, 2.75) is 46.2 Å². The summed E-state index contributed by atoms with van der Waals surface area (Å²) in [4.78, 5) is 0. The van der Waals surface area contributed by atoms with Gasteiger partial charge in [-0.3, -0.25) is 0 Å². The quantitative estimate of drug-likeness (QED) is 0.729. The lowest BCUT2D eigenvalue weighted by Gasteiger charge is -2.15. The molecule has 0 aliphatic heterocycles. The zero-order valence-electron chi connectivity index (χ0n) is 12.2. The maximum Gasteiger partial charge on any atom is 0.165 e. The largest absolute Gasteiger partial charge is 0.385 e. The Balaban J connectivity index is 1.85. The molecule has 0 bridgehead atoms. The third-order valence-corrected chi connectivity index (χ3v) is 3.72. The van der Waals surface area contributed by atoms with Crippen molar-refractivity contribution in [1.29, 1.82) is 0 Å². The van der Waals surface area contributed by atoms with Gasteiger partial charge in [-0.15, -0.1) is 5.10 Å². The van der Waals surface area contributed by atoms with Gasteiger partial charge >= 0.3 is 0 Å². The van der Waals surface area contributed by atoms with Gasteiger partial charge in [0.2, 0.25) is 0 Å². The summed E-state index contributed by atoms with van der Waals surface area (Å²) in [6.45, 7) is 7.86. The normalized spacial score (nSPS) is 17.1. The molecule has 1 aliphatic carbocycles. The summed E-state index contributed by atoms with van der Waals surface area (Å²) in [5.41, 5.74) is 0.373. The van der Waals surface area contributed by atoms with E-state index in [-0.39, 0.29) is 0 Å². The minimum Gasteiger partial charge on any atom is -0.385 e. The molecule has 108 valence electrons. The van der Waals surface area contributed by atoms with Crippen LogP contribution in [0.2, 0.25) is 0 Å². The molecule has 0 atom stereocenters. The molecule has 19 heavy (non-hydrogen) atoms. The van der Waals surface area contributed by atoms with E-state index in [9.17, 15) is 0 Å². The number of rotatable bonds is 9. The monoisotopic (exact) mass is 267 g/mol. The summed E-state index contributed by atoms with van der Waals surface area (Å²) in [5, 5.41) is 15.4. The zero-order chi connectivity index (χ0) is 13.7. The van der Waals surface area contributed by atoms with Crippen molar-refractivity contribution in [3.63, 3.8) is 0 Å². The molecule has 0 saturated heterocycles. The number of aromatic nitrogens is 4. The molecule has 6 nitrogen and oxygen atoms in total. The van der Waals surface area contributed by atoms with Crippen molar-refractivity contribution in [3.05, 3.63) is 5.82 Å². The maximum absolute atomic E-state index is 5.19. The summed E-state index contributed by atoms with van der Waals surface area (Å²) in [5.74, 6) is 1.57. The van der Waals surface area contributed by atoms with E-state index in [1.165, 1.54) is 12.8 Å². The van der Waals surface area contributed by atoms with E-state index in [2.05, 4.69) is 34.7 Å². The molecular weight excluding hydrogens is 242 g/mol. The van der Waals surface area contributed by atoms with Crippen LogP contribution in [0.1, 0.15) is 38.9 Å². The molecule has 0 spiro atoms. The lowest BCUT2D eigenvalue weighted by Crippen LogP contribution is -2.23. The van der Waals surface area contributed by atoms with Crippen LogP contribution in [0.4, 0.5) is 0 Å². The lowest BCUT2D eigenvalue weighted by atomic mass is 10.0. The topological polar surface area (TPSA) is 64.9 Å². The molecule has 2 rings (SSSR count). The molecule has 1 aliphatic rings. The highest BCUT2D eigenvalue weighted by atomic mass is 16.5. The Bertz CT molecular complexity index is 386. The fourth-order valence-electron chi connectivity index (χ4n) is 2.25. The number of nitrogens with zero attached hydrogens (tertiary/aromatic N) is 4. The van der Waals surface area contributed by atoms with Gasteiger partial charge in [-0.2, -0.15) is 0 Å². The van der Waals surface area contributed by atoms with Crippen LogP contribution >= 0.6 is 0 Å². The second kappa shape index (κ2) is 6.43. The predicted molar refractivity (Wildman–Crippen MR) is 72.5 cm³/mol. The highest BCUT2D eigenvalue weighted by Crippen LogP contribution is 2.50. The predicted octanol–water partition coefficient (Wildman–Crippen LogP) is 1.24. The van der Waals surface area contributed by atoms with E-state index in [0.717, 1.165) is 38.5 Å². The van der Waals surface area contributed by atoms with Crippen molar-refractivity contribution < 1.29 is 4.74 Å². The average Bonchev–Trinajstić information content (AvgIpc) is 3.00. The van der Waals surface area contributed by atoms with Crippen molar-refractivity contribution in [2.24, 2.45) is 11.3 Å². The first kappa shape index (κ1) is 14.4. The van der Waals surface area contributed by atoms with Crippen LogP contribution in [-0.2, 0) is 17.8 Å². The number of nitrogens with one attached hydrogen (secondary N) is 1. The van der Waals surface area contributed by atoms with E-state index < -0.39 is 0 Å². The van der Waals surface area contributed by atoms with Crippen LogP contribution in [0.25, 0.3) is 0 Å². The van der Waals surface area contributed by atoms with Gasteiger partial charge in [-0.1, -0.05) is 13.8 Å². The molecule has 1 saturated carbocycles. The third-order valence-electron chi connectivity index (χ3n) is 3.72. The van der Waals surface area contributed by atoms with Crippen LogP contribution in [0.15, 0.2) is 0 Å². The second-order valence-corrected chi connectivity index (χ2v) is 6.02. The van der Waals surface area contributed by atoms with Gasteiger partial charge in [-0.05, 0) is 47.6 Å². The molecule has 0 amide bonds. The first-order chi connectivity index (χ1) is 9.15. The zero-order valence-corrected chi connectivity index (χ0v) is 12.2. The first-order valence-corrected chi connectivity index (χ1v) is 7.10. The van der Waals surface area contributed by atoms with Crippen LogP contribution in [0.5, 0.6) is 0 Å². The first-order valence-electron chi connectivity index (χ1n) is 7.10. The number of hydrogen-bond acceptors (Lipinski definition) is 5. The summed E-state index contributed by atoms with van der Waals surface area (Å²) in [6.07, 6.45) is 3.62. The van der Waals surface area contributed by atoms with Gasteiger partial charge in [-0.25, -0.2) is 4.68 Å². The Morgan fingerprint density at radius 1 is 1.42 bits per heavy atom. The van der Waals surface area contributed by atoms with Crippen LogP contribution in [0, 0.1) is 11.3 Å². The smallest absolute Gasteiger partial charge is 0.165 e. The van der Waals surface area contributed by atoms with Crippen molar-refractivity contribution >= 4 is 0 Å². The molecule has 1 heterocycles. The Hall–Kier alpha value is -1.01. The number of methoxy groups -OCH3 is 1. The molecule has 0 unspecified atom stereocenters. The summed E-state index contributed by atoms with van der Waals surface area (Å²) >= 11 is 0. The standard InChI is InChI=1S/C13H25N5O/c1-11(2)8-14-9-12-15-16-17-18(12)10-13(4-5-13)6-7-19-3/h11,14H,4-10H2,1-3H3. The van der Waals surface area contributed by atoms with Gasteiger partial charge in [0.15, 0.2) is 5.82 Å². The van der Waals surface area contributed by atoms with E-state index in [1.807, 2.05) is 4.68 Å². The number of tetrazole rings is 1. The Kier molecular flexibility index (Phi) is 4.87. The molecule has 1 N–H and O–H groups in total. The van der Waals surface area contributed by atoms with Gasteiger partial charge in [0.25, 0.3) is 0 Å². The third kappa shape index (κ3) is 4.24. The van der Waals surface area contributed by atoms with Crippen molar-refractivity contribution in [1.82, 2.24) is 25.5 Å². The SMILES string of the molecule is COCCC1(Cn2nnnc2CNCC(C)C)CC1. The van der Waals surface area contributed by atoms with Gasteiger partial charge in [0.1, 0.15) is 0 Å². The number of hydrogen-bond donors (Lipinski definition) is 1. The molecule has 1 aromatic heterocycles. The van der Waals surface area contributed by atoms with Gasteiger partial charge in [0.05, 0.1) is 13.1 Å². The average molecular weight is 267 g/mol. The minimum atomic E-state index is 0.373. The summed E-state index contributed by atoms with van der Waals surface area (Å²) in [6, 6.07) is 0. The molecular formula is C13H25N5O. The van der Waals surface area contributed by atoms with Gasteiger partial charge < -0.3 is 10.1 Å². The Morgan fingerprint density at radius 3 is 2.84 bits per heavy atom. The van der Waals surface area contributed by atoms with E-state index in [0.29, 0.717) is 11.3 Å². The molecule has 1 aromatic rings. The Morgan fingerprint density at radius 2 is 2.21 bits per heavy atom. The summed E-state index contributed by atoms with van der Waals surface area (Å²) < 4.78 is 7.14. The van der Waals surface area contributed by atoms with E-state index in [1.54, 1.807) is 7.11 Å². The molecule has 0 radical (unpaired) electrons. The van der Waals surface area contributed by atoms with Crippen molar-refractivity contribution in [2.75, 3.05) is 20.3 Å². The fourth-order valence-corrected chi connectivity index (χ4v) is 2.25. The molecule has 0 aromatic carbocycles. The highest BCUT2D eigenvalue weighted by Gasteiger charge is 2.43. The van der Waals surface area contributed by atoms with E-state index >= 15 is 0 Å². The fraction of sp³-hybridized carbons (Fsp3) is 0.923. The van der Waals surface area contributed by atoms with Gasteiger partial charge in [0, 0.05) is 13.7 Å². The highest BCUT2D eigenvalue weighted by molar-refractivity contribution is 4.94. The maximum atomic E-state index is 5.19. The minimum absolute atomic E-state index is 0.373. The Labute approximate surface area is 114 Å². The molecule has 1 fully saturated rings. The summed E-state index contributed by atoms with van der Waals surface area (Å²) in [7, 11) is 1.76. The van der Waals surface area contributed by atoms with E-state index in [4.69, 9.17) is 4.74 Å². The second-order valence-electron chi connectivity index (χ2n) is 6.02. The van der Waals surface area contributed by atoms with Crippen LogP contribution in [-0.4, -0.2) is 40.5 Å². The van der Waals surface area contributed by atoms with Crippen LogP contribution in [0.3, 0.4) is 0 Å². The molecule has 6 heteroatoms. The van der Waals surface area contributed by atoms with Crippen LogP contribution < -0.4 is 5.32 Å². The lowest BCUT2D eigenvalue weighted by molar-refractivity contribution is 0.164.